The molecule has 0 aromatic carbocycles. The smallest absolute Gasteiger partial charge is 0.303 e. The zero-order valence-corrected chi connectivity index (χ0v) is 15.9. The van der Waals surface area contributed by atoms with Gasteiger partial charge in [0.15, 0.2) is 5.60 Å². The molecular weight excluding hydrogens is 334 g/mol. The third kappa shape index (κ3) is 2.98. The van der Waals surface area contributed by atoms with Gasteiger partial charge in [-0.3, -0.25) is 4.79 Å². The van der Waals surface area contributed by atoms with Crippen LogP contribution >= 0.6 is 0 Å². The molecule has 1 aliphatic rings. The van der Waals surface area contributed by atoms with Gasteiger partial charge in [0.1, 0.15) is 11.9 Å². The monoisotopic (exact) mass is 359 g/mol. The van der Waals surface area contributed by atoms with Gasteiger partial charge in [-0.2, -0.15) is 0 Å². The van der Waals surface area contributed by atoms with Crippen molar-refractivity contribution in [3.63, 3.8) is 0 Å². The fourth-order valence-corrected chi connectivity index (χ4v) is 3.73. The number of rotatable bonds is 5. The fourth-order valence-electron chi connectivity index (χ4n) is 3.73. The van der Waals surface area contributed by atoms with Crippen molar-refractivity contribution in [2.24, 2.45) is 0 Å². The number of ether oxygens (including phenoxy) is 3. The van der Waals surface area contributed by atoms with Crippen LogP contribution in [-0.2, 0) is 26.3 Å². The Labute approximate surface area is 153 Å². The maximum atomic E-state index is 11.7. The Morgan fingerprint density at radius 3 is 2.77 bits per heavy atom. The standard InChI is InChI=1S/C20H25NO5/c1-12(2)8-10-20(24-5)16(26-13(3)22)7-6-14-17(23-4)15-9-11-25-19(15)21-18(14)20/h8-9,11,16H,6-7,10H2,1-5H3/t16-,20-/m1/s1. The van der Waals surface area contributed by atoms with Crippen LogP contribution in [0.15, 0.2) is 28.4 Å². The van der Waals surface area contributed by atoms with Crippen molar-refractivity contribution in [1.82, 2.24) is 4.98 Å². The summed E-state index contributed by atoms with van der Waals surface area (Å²) in [4.78, 5) is 16.5. The van der Waals surface area contributed by atoms with Gasteiger partial charge in [-0.25, -0.2) is 4.98 Å². The van der Waals surface area contributed by atoms with Gasteiger partial charge in [-0.15, -0.1) is 0 Å². The molecule has 6 heteroatoms. The van der Waals surface area contributed by atoms with Gasteiger partial charge in [-0.1, -0.05) is 11.6 Å². The lowest BCUT2D eigenvalue weighted by Crippen LogP contribution is -2.48. The molecule has 0 unspecified atom stereocenters. The fraction of sp³-hybridized carbons (Fsp3) is 0.500. The van der Waals surface area contributed by atoms with Crippen molar-refractivity contribution in [2.45, 2.75) is 51.7 Å². The molecule has 0 saturated heterocycles. The molecule has 2 heterocycles. The molecule has 1 aliphatic carbocycles. The maximum absolute atomic E-state index is 11.7. The van der Waals surface area contributed by atoms with Gasteiger partial charge >= 0.3 is 5.97 Å². The predicted molar refractivity (Wildman–Crippen MR) is 97.2 cm³/mol. The molecule has 0 amide bonds. The summed E-state index contributed by atoms with van der Waals surface area (Å²) in [6.07, 6.45) is 5.11. The van der Waals surface area contributed by atoms with E-state index in [0.29, 0.717) is 30.7 Å². The second kappa shape index (κ2) is 7.11. The number of pyridine rings is 1. The van der Waals surface area contributed by atoms with Crippen LogP contribution in [0.5, 0.6) is 5.75 Å². The maximum Gasteiger partial charge on any atom is 0.303 e. The highest BCUT2D eigenvalue weighted by molar-refractivity contribution is 5.83. The first kappa shape index (κ1) is 18.5. The van der Waals surface area contributed by atoms with E-state index in [-0.39, 0.29) is 5.97 Å². The second-order valence-corrected chi connectivity index (χ2v) is 6.83. The number of nitrogens with zero attached hydrogens (tertiary/aromatic N) is 1. The summed E-state index contributed by atoms with van der Waals surface area (Å²) in [6.45, 7) is 5.47. The van der Waals surface area contributed by atoms with Crippen LogP contribution in [0.4, 0.5) is 0 Å². The number of allylic oxidation sites excluding steroid dienone is 1. The number of carbonyl (C=O) groups excluding carboxylic acids is 1. The molecule has 26 heavy (non-hydrogen) atoms. The number of aromatic nitrogens is 1. The van der Waals surface area contributed by atoms with Crippen LogP contribution in [0.1, 0.15) is 44.9 Å². The van der Waals surface area contributed by atoms with Gasteiger partial charge in [0, 0.05) is 26.0 Å². The number of furan rings is 1. The highest BCUT2D eigenvalue weighted by Gasteiger charge is 2.49. The predicted octanol–water partition coefficient (Wildman–Crippen LogP) is 3.91. The Balaban J connectivity index is 2.25. The van der Waals surface area contributed by atoms with E-state index < -0.39 is 11.7 Å². The van der Waals surface area contributed by atoms with Crippen molar-refractivity contribution >= 4 is 17.1 Å². The van der Waals surface area contributed by atoms with Gasteiger partial charge < -0.3 is 18.6 Å². The van der Waals surface area contributed by atoms with Crippen LogP contribution in [-0.4, -0.2) is 31.3 Å². The third-order valence-corrected chi connectivity index (χ3v) is 4.93. The molecule has 6 nitrogen and oxygen atoms in total. The summed E-state index contributed by atoms with van der Waals surface area (Å²) in [7, 11) is 3.27. The lowest BCUT2D eigenvalue weighted by Gasteiger charge is -2.42. The summed E-state index contributed by atoms with van der Waals surface area (Å²) in [6, 6.07) is 1.85. The van der Waals surface area contributed by atoms with Gasteiger partial charge in [0.05, 0.1) is 24.5 Å². The number of hydrogen-bond acceptors (Lipinski definition) is 6. The molecule has 0 saturated carbocycles. The zero-order chi connectivity index (χ0) is 18.9. The molecule has 0 fully saturated rings. The molecule has 140 valence electrons. The molecule has 2 aromatic heterocycles. The lowest BCUT2D eigenvalue weighted by atomic mass is 9.77. The van der Waals surface area contributed by atoms with E-state index >= 15 is 0 Å². The Morgan fingerprint density at radius 2 is 2.15 bits per heavy atom. The minimum absolute atomic E-state index is 0.330. The van der Waals surface area contributed by atoms with E-state index in [9.17, 15) is 4.79 Å². The number of methoxy groups -OCH3 is 2. The van der Waals surface area contributed by atoms with E-state index in [1.807, 2.05) is 19.9 Å². The van der Waals surface area contributed by atoms with E-state index in [4.69, 9.17) is 23.6 Å². The van der Waals surface area contributed by atoms with E-state index in [1.54, 1.807) is 20.5 Å². The molecule has 2 atom stereocenters. The van der Waals surface area contributed by atoms with E-state index in [0.717, 1.165) is 22.3 Å². The Bertz CT molecular complexity index is 849. The summed E-state index contributed by atoms with van der Waals surface area (Å²) in [5.41, 5.74) is 2.46. The molecule has 0 N–H and O–H groups in total. The molecular formula is C20H25NO5. The van der Waals surface area contributed by atoms with Gasteiger partial charge in [0.2, 0.25) is 5.71 Å². The van der Waals surface area contributed by atoms with E-state index in [2.05, 4.69) is 6.08 Å². The second-order valence-electron chi connectivity index (χ2n) is 6.83. The van der Waals surface area contributed by atoms with Gasteiger partial charge in [0.25, 0.3) is 0 Å². The summed E-state index contributed by atoms with van der Waals surface area (Å²) >= 11 is 0. The number of hydrogen-bond donors (Lipinski definition) is 0. The molecule has 3 rings (SSSR count). The molecule has 0 radical (unpaired) electrons. The summed E-state index contributed by atoms with van der Waals surface area (Å²) in [5.74, 6) is 0.418. The topological polar surface area (TPSA) is 70.8 Å². The minimum Gasteiger partial charge on any atom is -0.496 e. The van der Waals surface area contributed by atoms with Crippen LogP contribution in [0.25, 0.3) is 11.1 Å². The Hall–Kier alpha value is -2.34. The Kier molecular flexibility index (Phi) is 5.05. The average Bonchev–Trinajstić information content (AvgIpc) is 3.06. The van der Waals surface area contributed by atoms with Crippen molar-refractivity contribution in [3.05, 3.63) is 35.2 Å². The van der Waals surface area contributed by atoms with Crippen molar-refractivity contribution < 1.29 is 23.4 Å². The van der Waals surface area contributed by atoms with Crippen molar-refractivity contribution in [1.29, 1.82) is 0 Å². The lowest BCUT2D eigenvalue weighted by molar-refractivity contribution is -0.173. The van der Waals surface area contributed by atoms with Crippen molar-refractivity contribution in [3.8, 4) is 5.75 Å². The number of esters is 1. The number of carbonyl (C=O) groups is 1. The largest absolute Gasteiger partial charge is 0.496 e. The van der Waals surface area contributed by atoms with E-state index in [1.165, 1.54) is 6.92 Å². The molecule has 0 bridgehead atoms. The Morgan fingerprint density at radius 1 is 1.38 bits per heavy atom. The highest BCUT2D eigenvalue weighted by atomic mass is 16.6. The highest BCUT2D eigenvalue weighted by Crippen LogP contribution is 2.46. The molecule has 0 aliphatic heterocycles. The van der Waals surface area contributed by atoms with Gasteiger partial charge in [-0.05, 0) is 32.8 Å². The molecule has 0 spiro atoms. The van der Waals surface area contributed by atoms with Crippen LogP contribution in [0.2, 0.25) is 0 Å². The first-order valence-corrected chi connectivity index (χ1v) is 8.73. The minimum atomic E-state index is -0.884. The summed E-state index contributed by atoms with van der Waals surface area (Å²) < 4.78 is 22.9. The molecule has 2 aromatic rings. The van der Waals surface area contributed by atoms with Crippen molar-refractivity contribution in [2.75, 3.05) is 14.2 Å². The normalized spacial score (nSPS) is 22.0. The third-order valence-electron chi connectivity index (χ3n) is 4.93. The number of fused-ring (bicyclic) bond motifs is 2. The first-order chi connectivity index (χ1) is 12.4. The van der Waals surface area contributed by atoms with Crippen LogP contribution in [0.3, 0.4) is 0 Å². The quantitative estimate of drug-likeness (QED) is 0.595. The average molecular weight is 359 g/mol. The van der Waals surface area contributed by atoms with Crippen LogP contribution < -0.4 is 4.74 Å². The zero-order valence-electron chi connectivity index (χ0n) is 15.9. The first-order valence-electron chi connectivity index (χ1n) is 8.73. The SMILES string of the molecule is COc1c2c(nc3occc13)[C@](CC=C(C)C)(OC)[C@H](OC(C)=O)CC2. The summed E-state index contributed by atoms with van der Waals surface area (Å²) in [5, 5.41) is 0.837. The van der Waals surface area contributed by atoms with Crippen LogP contribution in [0, 0.1) is 0 Å².